The van der Waals surface area contributed by atoms with E-state index in [1.165, 1.54) is 103 Å². The van der Waals surface area contributed by atoms with E-state index in [2.05, 4.69) is 418 Å². The van der Waals surface area contributed by atoms with Gasteiger partial charge in [0.1, 0.15) is 0 Å². The summed E-state index contributed by atoms with van der Waals surface area (Å²) in [6, 6.07) is 137. The summed E-state index contributed by atoms with van der Waals surface area (Å²) in [5.74, 6) is 0. The van der Waals surface area contributed by atoms with Gasteiger partial charge in [-0.15, -0.1) is 0 Å². The van der Waals surface area contributed by atoms with Gasteiger partial charge >= 0.3 is 0 Å². The molecule has 0 saturated carbocycles. The van der Waals surface area contributed by atoms with Crippen LogP contribution in [-0.4, -0.2) is 15.8 Å². The van der Waals surface area contributed by atoms with Gasteiger partial charge in [-0.2, -0.15) is 0 Å². The molecule has 0 spiro atoms. The Hall–Kier alpha value is -13.5. The molecule has 0 fully saturated rings. The van der Waals surface area contributed by atoms with Crippen LogP contribution in [0, 0.1) is 0 Å². The zero-order chi connectivity index (χ0) is 74.1. The molecule has 2 aliphatic heterocycles. The summed E-state index contributed by atoms with van der Waals surface area (Å²) in [7, 11) is 0. The number of aromatic nitrogens is 2. The summed E-state index contributed by atoms with van der Waals surface area (Å²) < 4.78 is 5.08. The van der Waals surface area contributed by atoms with E-state index in [0.29, 0.717) is 0 Å². The highest BCUT2D eigenvalue weighted by Crippen LogP contribution is 2.56. The lowest BCUT2D eigenvalue weighted by atomic mass is 9.33. The minimum Gasteiger partial charge on any atom is -0.310 e. The molecule has 4 nitrogen and oxygen atoms in total. The highest BCUT2D eigenvalue weighted by Gasteiger charge is 2.47. The molecule has 20 aromatic rings. The standard InChI is InChI=1S/C106H77BN4/c1-105(2,3)73-59-85(66-30-11-7-12-31-66)103(86(60-73)67-32-13-8-14-33-67)110-95-57-53-72(77-55-52-71-40-28-46-83-82-45-27-38-70-39-29-47-84(99(70)82)101(77)100(71)83)58-90(95)107-89-56-54-75(108-91-48-23-19-41-78(91)79-42-20-24-49-92(79)108)63-96(89)111(98-65-76(64-97(110)102(98)107)109-93-50-25-21-43-80(93)81-44-22-26-51-94(81)109)104-87(68-34-15-9-16-35-68)61-74(106(4,5)6)62-88(104)69-36-17-10-18-37-69/h7-65H,1-6H3. The first-order chi connectivity index (χ1) is 54.4. The third-order valence-corrected chi connectivity index (χ3v) is 24.3. The molecule has 0 N–H and O–H groups in total. The van der Waals surface area contributed by atoms with E-state index in [0.717, 1.165) is 112 Å². The molecular weight excluding hydrogens is 1340 g/mol. The van der Waals surface area contributed by atoms with Crippen molar-refractivity contribution in [2.45, 2.75) is 52.4 Å². The Morgan fingerprint density at radius 1 is 0.234 bits per heavy atom. The summed E-state index contributed by atoms with van der Waals surface area (Å²) >= 11 is 0. The topological polar surface area (TPSA) is 16.3 Å². The van der Waals surface area contributed by atoms with Crippen molar-refractivity contribution in [3.8, 4) is 67.0 Å². The molecule has 4 heterocycles. The number of benzene rings is 18. The Bertz CT molecular complexity index is 6980. The molecule has 0 atom stereocenters. The second-order valence-electron chi connectivity index (χ2n) is 32.7. The maximum Gasteiger partial charge on any atom is 0.252 e. The molecule has 0 aliphatic carbocycles. The molecule has 0 bridgehead atoms. The van der Waals surface area contributed by atoms with Crippen molar-refractivity contribution < 1.29 is 0 Å². The normalized spacial score (nSPS) is 12.9. The van der Waals surface area contributed by atoms with E-state index in [1.54, 1.807) is 0 Å². The van der Waals surface area contributed by atoms with Gasteiger partial charge < -0.3 is 18.9 Å². The van der Waals surface area contributed by atoms with Crippen LogP contribution in [0.15, 0.2) is 358 Å². The third-order valence-electron chi connectivity index (χ3n) is 24.3. The maximum atomic E-state index is 2.75. The van der Waals surface area contributed by atoms with Gasteiger partial charge in [0.05, 0.1) is 39.1 Å². The molecule has 18 aromatic carbocycles. The molecule has 2 aliphatic rings. The van der Waals surface area contributed by atoms with Crippen molar-refractivity contribution in [3.63, 3.8) is 0 Å². The summed E-state index contributed by atoms with van der Waals surface area (Å²) in [6.07, 6.45) is 0. The van der Waals surface area contributed by atoms with Crippen LogP contribution in [0.5, 0.6) is 0 Å². The molecule has 0 saturated heterocycles. The lowest BCUT2D eigenvalue weighted by molar-refractivity contribution is 0.590. The summed E-state index contributed by atoms with van der Waals surface area (Å²) in [5, 5.41) is 15.0. The van der Waals surface area contributed by atoms with Crippen LogP contribution >= 0.6 is 0 Å². The number of hydrogen-bond acceptors (Lipinski definition) is 2. The van der Waals surface area contributed by atoms with Crippen molar-refractivity contribution in [2.24, 2.45) is 0 Å². The van der Waals surface area contributed by atoms with Crippen LogP contribution in [-0.2, 0) is 10.8 Å². The monoisotopic (exact) mass is 1420 g/mol. The molecule has 5 heteroatoms. The molecule has 0 unspecified atom stereocenters. The van der Waals surface area contributed by atoms with Gasteiger partial charge in [-0.3, -0.25) is 0 Å². The van der Waals surface area contributed by atoms with E-state index in [1.807, 2.05) is 0 Å². The van der Waals surface area contributed by atoms with E-state index >= 15 is 0 Å². The van der Waals surface area contributed by atoms with Crippen LogP contribution in [0.2, 0.25) is 0 Å². The Morgan fingerprint density at radius 2 is 0.613 bits per heavy atom. The largest absolute Gasteiger partial charge is 0.310 e. The molecule has 0 radical (unpaired) electrons. The van der Waals surface area contributed by atoms with Gasteiger partial charge in [0.25, 0.3) is 6.71 Å². The average Bonchev–Trinajstić information content (AvgIpc) is 1.15. The van der Waals surface area contributed by atoms with Crippen LogP contribution < -0.4 is 26.2 Å². The minimum absolute atomic E-state index is 0.219. The fraction of sp³-hybridized carbons (Fsp3) is 0.0755. The smallest absolute Gasteiger partial charge is 0.252 e. The van der Waals surface area contributed by atoms with Crippen molar-refractivity contribution in [1.82, 2.24) is 9.13 Å². The number of hydrogen-bond donors (Lipinski definition) is 0. The lowest BCUT2D eigenvalue weighted by Crippen LogP contribution is -2.61. The number of fused-ring (bicyclic) bond motifs is 12. The Labute approximate surface area is 647 Å². The van der Waals surface area contributed by atoms with E-state index in [9.17, 15) is 0 Å². The second-order valence-corrected chi connectivity index (χ2v) is 32.7. The van der Waals surface area contributed by atoms with Gasteiger partial charge in [-0.25, -0.2) is 0 Å². The molecule has 111 heavy (non-hydrogen) atoms. The van der Waals surface area contributed by atoms with Crippen molar-refractivity contribution in [2.75, 3.05) is 9.80 Å². The Kier molecular flexibility index (Phi) is 14.3. The van der Waals surface area contributed by atoms with Gasteiger partial charge in [0.2, 0.25) is 0 Å². The zero-order valence-corrected chi connectivity index (χ0v) is 62.9. The highest BCUT2D eigenvalue weighted by atomic mass is 15.2. The first-order valence-corrected chi connectivity index (χ1v) is 39.1. The van der Waals surface area contributed by atoms with E-state index in [4.69, 9.17) is 0 Å². The van der Waals surface area contributed by atoms with Gasteiger partial charge in [0, 0.05) is 72.2 Å². The number of nitrogens with zero attached hydrogens (tertiary/aromatic N) is 4. The van der Waals surface area contributed by atoms with E-state index < -0.39 is 0 Å². The summed E-state index contributed by atoms with van der Waals surface area (Å²) in [6.45, 7) is 13.9. The molecule has 2 aromatic heterocycles. The quantitative estimate of drug-likeness (QED) is 0.0813. The molecule has 22 rings (SSSR count). The zero-order valence-electron chi connectivity index (χ0n) is 62.9. The third kappa shape index (κ3) is 9.88. The molecule has 0 amide bonds. The Morgan fingerprint density at radius 3 is 1.06 bits per heavy atom. The number of para-hydroxylation sites is 4. The average molecular weight is 1420 g/mol. The van der Waals surface area contributed by atoms with Crippen LogP contribution in [0.1, 0.15) is 52.7 Å². The van der Waals surface area contributed by atoms with Crippen molar-refractivity contribution >= 4 is 144 Å². The second kappa shape index (κ2) is 24.5. The summed E-state index contributed by atoms with van der Waals surface area (Å²) in [5.41, 5.74) is 30.7. The fourth-order valence-corrected chi connectivity index (χ4v) is 19.2. The fourth-order valence-electron chi connectivity index (χ4n) is 19.2. The molecule has 524 valence electrons. The lowest BCUT2D eigenvalue weighted by Gasteiger charge is -2.46. The van der Waals surface area contributed by atoms with Gasteiger partial charge in [-0.1, -0.05) is 321 Å². The SMILES string of the molecule is CC(C)(C)c1cc(-c2ccccc2)c(N2c3ccc(-c4ccc5cccc6c7cccc8cccc(c4c56)c87)cc3B3c4ccc(-n5c6ccccc6c6ccccc65)cc4N(c4c(-c5ccccc5)cc(C(C)(C)C)cc4-c4ccccc4)c4cc(-n5c6ccccc6c6ccccc65)cc2c43)c(-c2ccccc2)c1. The Balaban J connectivity index is 0.956. The highest BCUT2D eigenvalue weighted by molar-refractivity contribution is 7.00. The van der Waals surface area contributed by atoms with E-state index in [-0.39, 0.29) is 17.5 Å². The first kappa shape index (κ1) is 64.7. The van der Waals surface area contributed by atoms with Crippen molar-refractivity contribution in [3.05, 3.63) is 369 Å². The first-order valence-electron chi connectivity index (χ1n) is 39.1. The predicted molar refractivity (Wildman–Crippen MR) is 475 cm³/mol. The number of rotatable bonds is 9. The van der Waals surface area contributed by atoms with Crippen LogP contribution in [0.3, 0.4) is 0 Å². The van der Waals surface area contributed by atoms with Gasteiger partial charge in [0.15, 0.2) is 0 Å². The number of anilines is 6. The maximum absolute atomic E-state index is 2.75. The van der Waals surface area contributed by atoms with Crippen molar-refractivity contribution in [1.29, 1.82) is 0 Å². The van der Waals surface area contributed by atoms with Crippen LogP contribution in [0.25, 0.3) is 154 Å². The molecular formula is C106H77BN4. The van der Waals surface area contributed by atoms with Crippen LogP contribution in [0.4, 0.5) is 34.1 Å². The summed E-state index contributed by atoms with van der Waals surface area (Å²) in [4.78, 5) is 5.48. The predicted octanol–water partition coefficient (Wildman–Crippen LogP) is 26.9. The minimum atomic E-state index is -0.327. The van der Waals surface area contributed by atoms with Gasteiger partial charge in [-0.05, 0) is 194 Å².